The number of likely N-dealkylation sites (tertiary alicyclic amines) is 1. The Morgan fingerprint density at radius 3 is 3.06 bits per heavy atom. The van der Waals surface area contributed by atoms with E-state index >= 15 is 0 Å². The molecular weight excluding hydrogens is 246 g/mol. The Bertz CT molecular complexity index is 453. The first-order chi connectivity index (χ1) is 8.70. The number of rotatable bonds is 3. The molecule has 0 bridgehead atoms. The van der Waals surface area contributed by atoms with Crippen molar-refractivity contribution in [2.24, 2.45) is 0 Å². The van der Waals surface area contributed by atoms with Crippen LogP contribution in [0, 0.1) is 11.3 Å². The predicted molar refractivity (Wildman–Crippen MR) is 74.9 cm³/mol. The van der Waals surface area contributed by atoms with Gasteiger partial charge in [0.1, 0.15) is 6.07 Å². The predicted octanol–water partition coefficient (Wildman–Crippen LogP) is 3.11. The fourth-order valence-electron chi connectivity index (χ4n) is 2.36. The van der Waals surface area contributed by atoms with Crippen LogP contribution >= 0.6 is 11.6 Å². The second-order valence-corrected chi connectivity index (χ2v) is 5.22. The quantitative estimate of drug-likeness (QED) is 0.911. The van der Waals surface area contributed by atoms with Gasteiger partial charge in [-0.15, -0.1) is 0 Å². The first-order valence-electron chi connectivity index (χ1n) is 6.34. The van der Waals surface area contributed by atoms with Crippen molar-refractivity contribution < 1.29 is 0 Å². The van der Waals surface area contributed by atoms with Gasteiger partial charge in [0, 0.05) is 18.3 Å². The van der Waals surface area contributed by atoms with Crippen molar-refractivity contribution in [2.75, 3.05) is 25.5 Å². The molecule has 0 radical (unpaired) electrons. The van der Waals surface area contributed by atoms with Crippen LogP contribution in [0.2, 0.25) is 5.02 Å². The van der Waals surface area contributed by atoms with Crippen molar-refractivity contribution in [1.82, 2.24) is 4.90 Å². The van der Waals surface area contributed by atoms with Gasteiger partial charge in [-0.2, -0.15) is 5.26 Å². The minimum Gasteiger partial charge on any atom is -0.383 e. The van der Waals surface area contributed by atoms with Crippen LogP contribution in [0.4, 0.5) is 5.69 Å². The molecule has 1 unspecified atom stereocenters. The SMILES string of the molecule is CN1CCCCC1CNc1ccc(Cl)c(C#N)c1. The van der Waals surface area contributed by atoms with Gasteiger partial charge in [0.05, 0.1) is 10.6 Å². The first kappa shape index (κ1) is 13.2. The first-order valence-corrected chi connectivity index (χ1v) is 6.72. The molecule has 1 aromatic carbocycles. The fourth-order valence-corrected chi connectivity index (χ4v) is 2.52. The van der Waals surface area contributed by atoms with Gasteiger partial charge in [-0.3, -0.25) is 0 Å². The van der Waals surface area contributed by atoms with Crippen LogP contribution < -0.4 is 5.32 Å². The highest BCUT2D eigenvalue weighted by molar-refractivity contribution is 6.31. The Balaban J connectivity index is 1.95. The maximum atomic E-state index is 8.93. The second-order valence-electron chi connectivity index (χ2n) is 4.82. The number of nitriles is 1. The van der Waals surface area contributed by atoms with Crippen LogP contribution in [0.15, 0.2) is 18.2 Å². The molecule has 1 aliphatic heterocycles. The van der Waals surface area contributed by atoms with Gasteiger partial charge in [-0.05, 0) is 44.6 Å². The highest BCUT2D eigenvalue weighted by Crippen LogP contribution is 2.21. The number of piperidine rings is 1. The normalized spacial score (nSPS) is 20.4. The number of anilines is 1. The standard InChI is InChI=1S/C14H18ClN3/c1-18-7-3-2-4-13(18)10-17-12-5-6-14(15)11(8-12)9-16/h5-6,8,13,17H,2-4,7,10H2,1H3. The Hall–Kier alpha value is -1.24. The molecule has 3 nitrogen and oxygen atoms in total. The van der Waals surface area contributed by atoms with Crippen molar-refractivity contribution in [3.8, 4) is 6.07 Å². The molecule has 0 aliphatic carbocycles. The average molecular weight is 264 g/mol. The molecule has 1 aromatic rings. The molecule has 0 amide bonds. The fraction of sp³-hybridized carbons (Fsp3) is 0.500. The molecule has 1 fully saturated rings. The number of benzene rings is 1. The van der Waals surface area contributed by atoms with Crippen LogP contribution in [0.25, 0.3) is 0 Å². The van der Waals surface area contributed by atoms with Crippen molar-refractivity contribution in [3.63, 3.8) is 0 Å². The summed E-state index contributed by atoms with van der Waals surface area (Å²) in [6, 6.07) is 8.19. The maximum absolute atomic E-state index is 8.93. The largest absolute Gasteiger partial charge is 0.383 e. The molecule has 1 heterocycles. The number of nitrogens with one attached hydrogen (secondary N) is 1. The Morgan fingerprint density at radius 1 is 1.50 bits per heavy atom. The third kappa shape index (κ3) is 3.16. The lowest BCUT2D eigenvalue weighted by atomic mass is 10.0. The second kappa shape index (κ2) is 6.08. The summed E-state index contributed by atoms with van der Waals surface area (Å²) >= 11 is 5.91. The van der Waals surface area contributed by atoms with E-state index in [4.69, 9.17) is 16.9 Å². The van der Waals surface area contributed by atoms with Crippen LogP contribution in [0.1, 0.15) is 24.8 Å². The zero-order valence-corrected chi connectivity index (χ0v) is 11.4. The van der Waals surface area contributed by atoms with Crippen molar-refractivity contribution in [3.05, 3.63) is 28.8 Å². The lowest BCUT2D eigenvalue weighted by Gasteiger charge is -2.32. The topological polar surface area (TPSA) is 39.1 Å². The molecule has 0 spiro atoms. The van der Waals surface area contributed by atoms with E-state index in [1.54, 1.807) is 6.07 Å². The number of nitrogens with zero attached hydrogens (tertiary/aromatic N) is 2. The average Bonchev–Trinajstić information content (AvgIpc) is 2.39. The summed E-state index contributed by atoms with van der Waals surface area (Å²) in [6.07, 6.45) is 3.84. The van der Waals surface area contributed by atoms with Crippen LogP contribution in [-0.4, -0.2) is 31.1 Å². The van der Waals surface area contributed by atoms with E-state index < -0.39 is 0 Å². The molecule has 1 saturated heterocycles. The van der Waals surface area contributed by atoms with E-state index in [1.165, 1.54) is 25.8 Å². The highest BCUT2D eigenvalue weighted by atomic mass is 35.5. The van der Waals surface area contributed by atoms with E-state index in [2.05, 4.69) is 23.3 Å². The molecule has 96 valence electrons. The van der Waals surface area contributed by atoms with Crippen LogP contribution in [0.5, 0.6) is 0 Å². The van der Waals surface area contributed by atoms with Gasteiger partial charge in [0.15, 0.2) is 0 Å². The zero-order valence-electron chi connectivity index (χ0n) is 10.6. The number of likely N-dealkylation sites (N-methyl/N-ethyl adjacent to an activating group) is 1. The summed E-state index contributed by atoms with van der Waals surface area (Å²) in [5.41, 5.74) is 1.49. The van der Waals surface area contributed by atoms with E-state index in [-0.39, 0.29) is 0 Å². The van der Waals surface area contributed by atoms with Gasteiger partial charge >= 0.3 is 0 Å². The third-order valence-electron chi connectivity index (χ3n) is 3.55. The Morgan fingerprint density at radius 2 is 2.33 bits per heavy atom. The molecule has 1 aliphatic rings. The van der Waals surface area contributed by atoms with Gasteiger partial charge in [-0.25, -0.2) is 0 Å². The number of halogens is 1. The van der Waals surface area contributed by atoms with Gasteiger partial charge in [0.25, 0.3) is 0 Å². The summed E-state index contributed by atoms with van der Waals surface area (Å²) in [7, 11) is 2.17. The van der Waals surface area contributed by atoms with Gasteiger partial charge in [0.2, 0.25) is 0 Å². The summed E-state index contributed by atoms with van der Waals surface area (Å²) < 4.78 is 0. The molecule has 1 N–H and O–H groups in total. The Kier molecular flexibility index (Phi) is 4.46. The van der Waals surface area contributed by atoms with E-state index in [1.807, 2.05) is 12.1 Å². The minimum atomic E-state index is 0.512. The lowest BCUT2D eigenvalue weighted by molar-refractivity contribution is 0.194. The highest BCUT2D eigenvalue weighted by Gasteiger charge is 2.18. The molecule has 0 saturated carbocycles. The molecule has 2 rings (SSSR count). The van der Waals surface area contributed by atoms with E-state index in [0.717, 1.165) is 12.2 Å². The summed E-state index contributed by atoms with van der Waals surface area (Å²) in [5, 5.41) is 12.8. The lowest BCUT2D eigenvalue weighted by Crippen LogP contribution is -2.40. The van der Waals surface area contributed by atoms with Gasteiger partial charge in [-0.1, -0.05) is 18.0 Å². The van der Waals surface area contributed by atoms with Crippen LogP contribution in [0.3, 0.4) is 0 Å². The van der Waals surface area contributed by atoms with E-state index in [9.17, 15) is 0 Å². The summed E-state index contributed by atoms with van der Waals surface area (Å²) in [5.74, 6) is 0. The molecule has 4 heteroatoms. The molecule has 18 heavy (non-hydrogen) atoms. The smallest absolute Gasteiger partial charge is 0.101 e. The Labute approximate surface area is 113 Å². The van der Waals surface area contributed by atoms with Crippen molar-refractivity contribution in [1.29, 1.82) is 5.26 Å². The van der Waals surface area contributed by atoms with Crippen LogP contribution in [-0.2, 0) is 0 Å². The monoisotopic (exact) mass is 263 g/mol. The molecule has 0 aromatic heterocycles. The van der Waals surface area contributed by atoms with Crippen molar-refractivity contribution in [2.45, 2.75) is 25.3 Å². The number of hydrogen-bond acceptors (Lipinski definition) is 3. The third-order valence-corrected chi connectivity index (χ3v) is 3.88. The van der Waals surface area contributed by atoms with Crippen molar-refractivity contribution >= 4 is 17.3 Å². The van der Waals surface area contributed by atoms with Gasteiger partial charge < -0.3 is 10.2 Å². The zero-order chi connectivity index (χ0) is 13.0. The minimum absolute atomic E-state index is 0.512. The maximum Gasteiger partial charge on any atom is 0.101 e. The number of hydrogen-bond donors (Lipinski definition) is 1. The molecular formula is C14H18ClN3. The molecule has 1 atom stereocenters. The summed E-state index contributed by atoms with van der Waals surface area (Å²) in [6.45, 7) is 2.10. The van der Waals surface area contributed by atoms with E-state index in [0.29, 0.717) is 16.6 Å². The summed E-state index contributed by atoms with van der Waals surface area (Å²) in [4.78, 5) is 2.40.